The van der Waals surface area contributed by atoms with Crippen molar-refractivity contribution in [2.45, 2.75) is 12.5 Å². The largest absolute Gasteiger partial charge is 0.362 e. The summed E-state index contributed by atoms with van der Waals surface area (Å²) >= 11 is 3.84. The maximum absolute atomic E-state index is 11.3. The van der Waals surface area contributed by atoms with Gasteiger partial charge in [-0.1, -0.05) is 55.1 Å². The van der Waals surface area contributed by atoms with Crippen LogP contribution in [0.4, 0.5) is 10.5 Å². The SMILES string of the molecule is O=C(S)NN1CCN2c3ccccc3Cc3ccccc3C2C1. The molecule has 1 amide bonds. The molecule has 0 bridgehead atoms. The van der Waals surface area contributed by atoms with Crippen LogP contribution in [0.3, 0.4) is 0 Å². The van der Waals surface area contributed by atoms with Crippen molar-refractivity contribution in [2.75, 3.05) is 24.5 Å². The Labute approximate surface area is 141 Å². The van der Waals surface area contributed by atoms with Gasteiger partial charge in [0, 0.05) is 25.3 Å². The number of nitrogens with zero attached hydrogens (tertiary/aromatic N) is 2. The minimum absolute atomic E-state index is 0.240. The number of rotatable bonds is 1. The second-order valence-electron chi connectivity index (χ2n) is 6.08. The van der Waals surface area contributed by atoms with E-state index < -0.39 is 0 Å². The summed E-state index contributed by atoms with van der Waals surface area (Å²) in [5, 5.41) is 1.67. The van der Waals surface area contributed by atoms with Crippen molar-refractivity contribution in [3.63, 3.8) is 0 Å². The Bertz CT molecular complexity index is 749. The van der Waals surface area contributed by atoms with E-state index in [1.807, 2.05) is 5.01 Å². The Kier molecular flexibility index (Phi) is 3.75. The quantitative estimate of drug-likeness (QED) is 0.791. The molecule has 2 aromatic carbocycles. The predicted octanol–water partition coefficient (Wildman–Crippen LogP) is 3.01. The highest BCUT2D eigenvalue weighted by Gasteiger charge is 2.33. The van der Waals surface area contributed by atoms with Crippen LogP contribution in [0.25, 0.3) is 0 Å². The number of benzene rings is 2. The highest BCUT2D eigenvalue weighted by Crippen LogP contribution is 2.38. The third-order valence-corrected chi connectivity index (χ3v) is 4.83. The van der Waals surface area contributed by atoms with Gasteiger partial charge < -0.3 is 4.90 Å². The van der Waals surface area contributed by atoms with Gasteiger partial charge in [-0.15, -0.1) is 0 Å². The number of nitrogens with one attached hydrogen (secondary N) is 1. The van der Waals surface area contributed by atoms with E-state index in [1.165, 1.54) is 22.4 Å². The topological polar surface area (TPSA) is 35.6 Å². The van der Waals surface area contributed by atoms with Gasteiger partial charge in [0.25, 0.3) is 5.24 Å². The molecule has 23 heavy (non-hydrogen) atoms. The second-order valence-corrected chi connectivity index (χ2v) is 6.48. The van der Waals surface area contributed by atoms with Gasteiger partial charge in [0.2, 0.25) is 0 Å². The van der Waals surface area contributed by atoms with Crippen LogP contribution in [0.15, 0.2) is 48.5 Å². The molecule has 0 aromatic heterocycles. The first kappa shape index (κ1) is 14.6. The summed E-state index contributed by atoms with van der Waals surface area (Å²) in [7, 11) is 0. The van der Waals surface area contributed by atoms with Crippen molar-refractivity contribution in [3.8, 4) is 0 Å². The summed E-state index contributed by atoms with van der Waals surface area (Å²) in [5.74, 6) is 0. The van der Waals surface area contributed by atoms with E-state index in [0.717, 1.165) is 26.1 Å². The van der Waals surface area contributed by atoms with Gasteiger partial charge in [0.15, 0.2) is 0 Å². The molecule has 2 aliphatic heterocycles. The molecule has 1 fully saturated rings. The van der Waals surface area contributed by atoms with E-state index in [1.54, 1.807) is 0 Å². The van der Waals surface area contributed by atoms with E-state index in [2.05, 4.69) is 71.5 Å². The predicted molar refractivity (Wildman–Crippen MR) is 94.9 cm³/mol. The maximum Gasteiger partial charge on any atom is 0.290 e. The normalized spacial score (nSPS) is 20.0. The lowest BCUT2D eigenvalue weighted by Crippen LogP contribution is -2.54. The average Bonchev–Trinajstić information content (AvgIpc) is 2.69. The van der Waals surface area contributed by atoms with Crippen LogP contribution in [0.1, 0.15) is 22.7 Å². The number of amides is 1. The van der Waals surface area contributed by atoms with E-state index in [0.29, 0.717) is 0 Å². The van der Waals surface area contributed by atoms with Crippen LogP contribution < -0.4 is 10.3 Å². The van der Waals surface area contributed by atoms with Gasteiger partial charge in [-0.2, -0.15) is 0 Å². The Morgan fingerprint density at radius 1 is 1.04 bits per heavy atom. The van der Waals surface area contributed by atoms with E-state index in [4.69, 9.17) is 0 Å². The van der Waals surface area contributed by atoms with Crippen molar-refractivity contribution in [2.24, 2.45) is 0 Å². The standard InChI is InChI=1S/C18H19N3OS/c22-18(23)19-20-9-10-21-16-8-4-2-6-14(16)11-13-5-1-3-7-15(13)17(21)12-20/h1-8,17H,9-12H2,(H2,19,22,23). The average molecular weight is 325 g/mol. The zero-order valence-corrected chi connectivity index (χ0v) is 13.7. The molecule has 2 heterocycles. The molecule has 4 rings (SSSR count). The number of carbonyl (C=O) groups excluding carboxylic acids is 1. The molecule has 2 aromatic rings. The first-order chi connectivity index (χ1) is 11.2. The van der Waals surface area contributed by atoms with Crippen molar-refractivity contribution in [1.29, 1.82) is 0 Å². The van der Waals surface area contributed by atoms with Crippen LogP contribution in [-0.4, -0.2) is 29.9 Å². The molecule has 2 aliphatic rings. The first-order valence-corrected chi connectivity index (χ1v) is 8.34. The number of piperazine rings is 1. The number of carbonyl (C=O) groups is 1. The Morgan fingerprint density at radius 2 is 1.78 bits per heavy atom. The number of fused-ring (bicyclic) bond motifs is 5. The lowest BCUT2D eigenvalue weighted by Gasteiger charge is -2.42. The van der Waals surface area contributed by atoms with Crippen molar-refractivity contribution in [3.05, 3.63) is 65.2 Å². The molecular weight excluding hydrogens is 306 g/mol. The summed E-state index contributed by atoms with van der Waals surface area (Å²) in [5.41, 5.74) is 8.22. The zero-order valence-electron chi connectivity index (χ0n) is 12.8. The monoisotopic (exact) mass is 325 g/mol. The van der Waals surface area contributed by atoms with Gasteiger partial charge in [-0.3, -0.25) is 10.2 Å². The molecule has 5 heteroatoms. The van der Waals surface area contributed by atoms with Crippen LogP contribution in [-0.2, 0) is 6.42 Å². The summed E-state index contributed by atoms with van der Waals surface area (Å²) in [6.07, 6.45) is 0.957. The van der Waals surface area contributed by atoms with Gasteiger partial charge >= 0.3 is 0 Å². The molecule has 1 unspecified atom stereocenters. The number of hydrazine groups is 1. The first-order valence-electron chi connectivity index (χ1n) is 7.89. The van der Waals surface area contributed by atoms with E-state index in [-0.39, 0.29) is 11.3 Å². The highest BCUT2D eigenvalue weighted by atomic mass is 32.1. The van der Waals surface area contributed by atoms with Crippen molar-refractivity contribution >= 4 is 23.6 Å². The summed E-state index contributed by atoms with van der Waals surface area (Å²) in [6, 6.07) is 17.5. The van der Waals surface area contributed by atoms with Crippen LogP contribution >= 0.6 is 12.6 Å². The van der Waals surface area contributed by atoms with Crippen LogP contribution in [0.5, 0.6) is 0 Å². The number of thiol groups is 1. The fourth-order valence-electron chi connectivity index (χ4n) is 3.74. The zero-order chi connectivity index (χ0) is 15.8. The Hall–Kier alpha value is -1.98. The van der Waals surface area contributed by atoms with Crippen molar-refractivity contribution < 1.29 is 4.79 Å². The third kappa shape index (κ3) is 2.71. The van der Waals surface area contributed by atoms with Crippen molar-refractivity contribution in [1.82, 2.24) is 10.4 Å². The molecule has 1 N–H and O–H groups in total. The number of anilines is 1. The third-order valence-electron chi connectivity index (χ3n) is 4.73. The minimum atomic E-state index is -0.305. The van der Waals surface area contributed by atoms with Gasteiger partial charge in [0.1, 0.15) is 0 Å². The molecule has 118 valence electrons. The number of hydrogen-bond donors (Lipinski definition) is 2. The second kappa shape index (κ2) is 5.91. The minimum Gasteiger partial charge on any atom is -0.362 e. The fraction of sp³-hybridized carbons (Fsp3) is 0.278. The van der Waals surface area contributed by atoms with Gasteiger partial charge in [-0.25, -0.2) is 5.01 Å². The summed E-state index contributed by atoms with van der Waals surface area (Å²) in [4.78, 5) is 13.8. The smallest absolute Gasteiger partial charge is 0.290 e. The van der Waals surface area contributed by atoms with Crippen LogP contribution in [0.2, 0.25) is 0 Å². The number of hydrogen-bond acceptors (Lipinski definition) is 3. The Morgan fingerprint density at radius 3 is 2.61 bits per heavy atom. The van der Waals surface area contributed by atoms with Gasteiger partial charge in [-0.05, 0) is 29.2 Å². The lowest BCUT2D eigenvalue weighted by molar-refractivity contribution is 0.165. The summed E-state index contributed by atoms with van der Waals surface area (Å²) in [6.45, 7) is 2.43. The molecule has 0 aliphatic carbocycles. The molecular formula is C18H19N3OS. The lowest BCUT2D eigenvalue weighted by atomic mass is 9.96. The van der Waals surface area contributed by atoms with E-state index >= 15 is 0 Å². The summed E-state index contributed by atoms with van der Waals surface area (Å²) < 4.78 is 0. The fourth-order valence-corrected chi connectivity index (χ4v) is 3.88. The molecule has 0 saturated carbocycles. The molecule has 1 atom stereocenters. The molecule has 4 nitrogen and oxygen atoms in total. The van der Waals surface area contributed by atoms with Crippen LogP contribution in [0, 0.1) is 0 Å². The highest BCUT2D eigenvalue weighted by molar-refractivity contribution is 7.96. The Balaban J connectivity index is 1.77. The number of para-hydroxylation sites is 1. The molecule has 1 saturated heterocycles. The molecule has 0 radical (unpaired) electrons. The maximum atomic E-state index is 11.3. The molecule has 0 spiro atoms. The van der Waals surface area contributed by atoms with Gasteiger partial charge in [0.05, 0.1) is 6.04 Å². The van der Waals surface area contributed by atoms with E-state index in [9.17, 15) is 4.79 Å².